The van der Waals surface area contributed by atoms with Gasteiger partial charge < -0.3 is 10.0 Å². The van der Waals surface area contributed by atoms with E-state index in [0.717, 1.165) is 5.56 Å². The van der Waals surface area contributed by atoms with Crippen LogP contribution < -0.4 is 0 Å². The topological polar surface area (TPSA) is 101 Å². The number of amides is 1. The van der Waals surface area contributed by atoms with E-state index in [2.05, 4.69) is 0 Å². The number of hydrogen-bond donors (Lipinski definition) is 1. The Morgan fingerprint density at radius 2 is 1.59 bits per heavy atom. The predicted molar refractivity (Wildman–Crippen MR) is 114 cm³/mol. The van der Waals surface area contributed by atoms with Crippen LogP contribution >= 0.6 is 0 Å². The zero-order valence-electron chi connectivity index (χ0n) is 16.6. The molecule has 3 aromatic carbocycles. The molecule has 0 unspecified atom stereocenters. The number of aliphatic hydroxyl groups excluding tert-OH is 1. The van der Waals surface area contributed by atoms with Gasteiger partial charge >= 0.3 is 0 Å². The number of aliphatic hydroxyl groups is 1. The summed E-state index contributed by atoms with van der Waals surface area (Å²) in [6.07, 6.45) is 0. The van der Waals surface area contributed by atoms with Crippen molar-refractivity contribution in [2.24, 2.45) is 0 Å². The van der Waals surface area contributed by atoms with Gasteiger partial charge in [0.25, 0.3) is 17.4 Å². The highest BCUT2D eigenvalue weighted by atomic mass is 19.1. The van der Waals surface area contributed by atoms with Crippen LogP contribution in [-0.4, -0.2) is 26.6 Å². The maximum Gasteiger partial charge on any atom is 0.295 e. The number of nitrogens with zero attached hydrogens (tertiary/aromatic N) is 2. The van der Waals surface area contributed by atoms with Crippen molar-refractivity contribution in [3.8, 4) is 0 Å². The quantitative estimate of drug-likeness (QED) is 0.212. The lowest BCUT2D eigenvalue weighted by Crippen LogP contribution is -2.29. The number of likely N-dealkylation sites (tertiary alicyclic amines) is 1. The SMILES string of the molecule is O=C1C(=O)N(Cc2ccccc2)[C@@H](c2ccccc2F)C1=C(O)c1ccc([N+](=O)[O-])cc1. The molecule has 160 valence electrons. The number of carbonyl (C=O) groups excluding carboxylic acids is 2. The fourth-order valence-corrected chi connectivity index (χ4v) is 3.74. The number of non-ortho nitro benzene ring substituents is 1. The molecule has 1 fully saturated rings. The molecule has 3 aromatic rings. The molecule has 0 radical (unpaired) electrons. The van der Waals surface area contributed by atoms with Gasteiger partial charge in [-0.2, -0.15) is 0 Å². The fourth-order valence-electron chi connectivity index (χ4n) is 3.74. The van der Waals surface area contributed by atoms with E-state index >= 15 is 0 Å². The molecule has 0 bridgehead atoms. The van der Waals surface area contributed by atoms with E-state index in [-0.39, 0.29) is 28.9 Å². The summed E-state index contributed by atoms with van der Waals surface area (Å²) in [6.45, 7) is 0.0292. The third kappa shape index (κ3) is 3.74. The molecule has 1 saturated heterocycles. The Kier molecular flexibility index (Phi) is 5.51. The summed E-state index contributed by atoms with van der Waals surface area (Å²) in [6, 6.07) is 18.4. The van der Waals surface area contributed by atoms with Crippen molar-refractivity contribution in [3.05, 3.63) is 117 Å². The van der Waals surface area contributed by atoms with Crippen LogP contribution in [0.5, 0.6) is 0 Å². The summed E-state index contributed by atoms with van der Waals surface area (Å²) < 4.78 is 14.8. The van der Waals surface area contributed by atoms with Gasteiger partial charge in [0, 0.05) is 29.8 Å². The number of carbonyl (C=O) groups is 2. The van der Waals surface area contributed by atoms with Crippen LogP contribution in [0.15, 0.2) is 84.4 Å². The predicted octanol–water partition coefficient (Wildman–Crippen LogP) is 4.36. The fraction of sp³-hybridized carbons (Fsp3) is 0.0833. The minimum atomic E-state index is -1.16. The highest BCUT2D eigenvalue weighted by molar-refractivity contribution is 6.46. The molecule has 1 aliphatic rings. The van der Waals surface area contributed by atoms with Crippen LogP contribution in [0.4, 0.5) is 10.1 Å². The number of hydrogen-bond acceptors (Lipinski definition) is 5. The van der Waals surface area contributed by atoms with Gasteiger partial charge in [0.05, 0.1) is 16.5 Å². The molecule has 0 spiro atoms. The number of nitro benzene ring substituents is 1. The minimum Gasteiger partial charge on any atom is -0.507 e. The summed E-state index contributed by atoms with van der Waals surface area (Å²) in [4.78, 5) is 37.4. The first-order valence-electron chi connectivity index (χ1n) is 9.70. The standard InChI is InChI=1S/C24H17FN2O5/c25-19-9-5-4-8-18(19)21-20(22(28)16-10-12-17(13-11-16)27(31)32)23(29)24(30)26(21)14-15-6-2-1-3-7-15/h1-13,21,28H,14H2/t21-/m0/s1. The Labute approximate surface area is 182 Å². The Morgan fingerprint density at radius 3 is 2.22 bits per heavy atom. The normalized spacial score (nSPS) is 17.5. The first-order chi connectivity index (χ1) is 15.4. The average Bonchev–Trinajstić information content (AvgIpc) is 3.04. The second-order valence-electron chi connectivity index (χ2n) is 7.24. The van der Waals surface area contributed by atoms with E-state index in [9.17, 15) is 29.2 Å². The third-order valence-corrected chi connectivity index (χ3v) is 5.29. The van der Waals surface area contributed by atoms with Crippen molar-refractivity contribution in [2.75, 3.05) is 0 Å². The smallest absolute Gasteiger partial charge is 0.295 e. The summed E-state index contributed by atoms with van der Waals surface area (Å²) in [5.74, 6) is -2.98. The zero-order chi connectivity index (χ0) is 22.8. The van der Waals surface area contributed by atoms with Gasteiger partial charge in [0.1, 0.15) is 11.6 Å². The zero-order valence-corrected chi connectivity index (χ0v) is 16.6. The van der Waals surface area contributed by atoms with Gasteiger partial charge in [-0.3, -0.25) is 19.7 Å². The summed E-state index contributed by atoms with van der Waals surface area (Å²) in [5.41, 5.74) is 0.424. The molecule has 1 heterocycles. The summed E-state index contributed by atoms with van der Waals surface area (Å²) in [7, 11) is 0. The molecular formula is C24H17FN2O5. The molecule has 0 aliphatic carbocycles. The van der Waals surface area contributed by atoms with E-state index in [0.29, 0.717) is 0 Å². The van der Waals surface area contributed by atoms with Gasteiger partial charge in [0.2, 0.25) is 0 Å². The largest absolute Gasteiger partial charge is 0.507 e. The molecule has 32 heavy (non-hydrogen) atoms. The molecule has 1 amide bonds. The molecule has 1 N–H and O–H groups in total. The second-order valence-corrected chi connectivity index (χ2v) is 7.24. The number of benzene rings is 3. The lowest BCUT2D eigenvalue weighted by Gasteiger charge is -2.25. The lowest BCUT2D eigenvalue weighted by molar-refractivity contribution is -0.384. The number of ketones is 1. The molecule has 1 atom stereocenters. The Bertz CT molecular complexity index is 1240. The van der Waals surface area contributed by atoms with Gasteiger partial charge in [-0.05, 0) is 23.8 Å². The Balaban J connectivity index is 1.86. The Hall–Kier alpha value is -4.33. The summed E-state index contributed by atoms with van der Waals surface area (Å²) >= 11 is 0. The molecule has 0 aromatic heterocycles. The van der Waals surface area contributed by atoms with E-state index in [1.54, 1.807) is 36.4 Å². The van der Waals surface area contributed by atoms with E-state index < -0.39 is 34.2 Å². The minimum absolute atomic E-state index is 0.0292. The van der Waals surface area contributed by atoms with E-state index in [1.807, 2.05) is 0 Å². The molecule has 0 saturated carbocycles. The van der Waals surface area contributed by atoms with Crippen molar-refractivity contribution < 1.29 is 24.0 Å². The molecule has 7 nitrogen and oxygen atoms in total. The number of halogens is 1. The molecular weight excluding hydrogens is 415 g/mol. The van der Waals surface area contributed by atoms with Crippen LogP contribution in [0.25, 0.3) is 5.76 Å². The first-order valence-corrected chi connectivity index (χ1v) is 9.70. The number of rotatable bonds is 5. The van der Waals surface area contributed by atoms with Crippen molar-refractivity contribution in [2.45, 2.75) is 12.6 Å². The van der Waals surface area contributed by atoms with Crippen molar-refractivity contribution in [3.63, 3.8) is 0 Å². The van der Waals surface area contributed by atoms with Gasteiger partial charge in [-0.15, -0.1) is 0 Å². The van der Waals surface area contributed by atoms with Crippen LogP contribution in [0, 0.1) is 15.9 Å². The first kappa shape index (κ1) is 20.9. The number of Topliss-reactive ketones (excluding diaryl/α,β-unsaturated/α-hetero) is 1. The van der Waals surface area contributed by atoms with Crippen molar-refractivity contribution >= 4 is 23.1 Å². The molecule has 4 rings (SSSR count). The van der Waals surface area contributed by atoms with Crippen molar-refractivity contribution in [1.82, 2.24) is 4.90 Å². The van der Waals surface area contributed by atoms with Crippen LogP contribution in [-0.2, 0) is 16.1 Å². The van der Waals surface area contributed by atoms with Crippen LogP contribution in [0.2, 0.25) is 0 Å². The highest BCUT2D eigenvalue weighted by Crippen LogP contribution is 2.41. The Morgan fingerprint density at radius 1 is 0.969 bits per heavy atom. The van der Waals surface area contributed by atoms with Gasteiger partial charge in [-0.25, -0.2) is 4.39 Å². The summed E-state index contributed by atoms with van der Waals surface area (Å²) in [5, 5.41) is 21.8. The van der Waals surface area contributed by atoms with Crippen LogP contribution in [0.3, 0.4) is 0 Å². The molecule has 1 aliphatic heterocycles. The maximum atomic E-state index is 14.8. The molecule has 8 heteroatoms. The third-order valence-electron chi connectivity index (χ3n) is 5.29. The average molecular weight is 432 g/mol. The van der Waals surface area contributed by atoms with Gasteiger partial charge in [0.15, 0.2) is 0 Å². The van der Waals surface area contributed by atoms with E-state index in [1.165, 1.54) is 47.4 Å². The lowest BCUT2D eigenvalue weighted by atomic mass is 9.94. The van der Waals surface area contributed by atoms with Crippen LogP contribution in [0.1, 0.15) is 22.7 Å². The highest BCUT2D eigenvalue weighted by Gasteiger charge is 2.46. The van der Waals surface area contributed by atoms with Gasteiger partial charge in [-0.1, -0.05) is 48.5 Å². The van der Waals surface area contributed by atoms with Crippen molar-refractivity contribution in [1.29, 1.82) is 0 Å². The number of nitro groups is 1. The second kappa shape index (κ2) is 8.43. The van der Waals surface area contributed by atoms with E-state index in [4.69, 9.17) is 0 Å². The maximum absolute atomic E-state index is 14.8. The monoisotopic (exact) mass is 432 g/mol.